The third-order valence-corrected chi connectivity index (χ3v) is 24.1. The molecular weight excluding hydrogens is 1380 g/mol. The fourth-order valence-corrected chi connectivity index (χ4v) is 18.8. The van der Waals surface area contributed by atoms with Crippen LogP contribution >= 0.6 is 0 Å². The number of rotatable bonds is 11. The second kappa shape index (κ2) is 25.2. The van der Waals surface area contributed by atoms with Crippen LogP contribution in [0, 0.1) is 0 Å². The molecule has 0 aliphatic carbocycles. The molecule has 0 amide bonds. The van der Waals surface area contributed by atoms with Crippen molar-refractivity contribution in [2.45, 2.75) is 0 Å². The molecule has 6 nitrogen and oxygen atoms in total. The highest BCUT2D eigenvalue weighted by molar-refractivity contribution is 6.17. The minimum Gasteiger partial charge on any atom is -0.455 e. The Kier molecular flexibility index (Phi) is 14.0. The smallest absolute Gasteiger partial charge is 0.143 e. The summed E-state index contributed by atoms with van der Waals surface area (Å²) in [6.07, 6.45) is 0. The Balaban J connectivity index is 0.526. The lowest BCUT2D eigenvalue weighted by atomic mass is 9.98. The summed E-state index contributed by atoms with van der Waals surface area (Å²) in [6.45, 7) is 0. The van der Waals surface area contributed by atoms with E-state index in [9.17, 15) is 0 Å². The minimum atomic E-state index is 0.863. The Morgan fingerprint density at radius 3 is 0.737 bits per heavy atom. The van der Waals surface area contributed by atoms with E-state index in [1.54, 1.807) is 0 Å². The fraction of sp³-hybridized carbons (Fsp3) is 0. The number of aromatic nitrogens is 5. The molecule has 6 heterocycles. The van der Waals surface area contributed by atoms with Gasteiger partial charge in [0.05, 0.1) is 55.2 Å². The van der Waals surface area contributed by atoms with E-state index >= 15 is 0 Å². The lowest BCUT2D eigenvalue weighted by Crippen LogP contribution is -1.94. The summed E-state index contributed by atoms with van der Waals surface area (Å²) in [5, 5.41) is 14.4. The molecule has 0 saturated carbocycles. The zero-order valence-electron chi connectivity index (χ0n) is 61.8. The normalized spacial score (nSPS) is 12.0. The predicted molar refractivity (Wildman–Crippen MR) is 478 cm³/mol. The van der Waals surface area contributed by atoms with E-state index in [-0.39, 0.29) is 0 Å². The number of para-hydroxylation sites is 7. The number of furan rings is 1. The van der Waals surface area contributed by atoms with Gasteiger partial charge in [-0.2, -0.15) is 0 Å². The van der Waals surface area contributed by atoms with Crippen molar-refractivity contribution in [3.63, 3.8) is 0 Å². The van der Waals surface area contributed by atoms with Crippen LogP contribution in [0.15, 0.2) is 411 Å². The molecule has 6 aromatic heterocycles. The molecule has 0 atom stereocenters. The molecule has 0 saturated heterocycles. The van der Waals surface area contributed by atoms with Crippen molar-refractivity contribution in [3.05, 3.63) is 406 Å². The third-order valence-electron chi connectivity index (χ3n) is 24.1. The van der Waals surface area contributed by atoms with Gasteiger partial charge in [-0.1, -0.05) is 237 Å². The lowest BCUT2D eigenvalue weighted by Gasteiger charge is -2.11. The summed E-state index contributed by atoms with van der Waals surface area (Å²) in [5.74, 6) is 0. The second-order valence-corrected chi connectivity index (χ2v) is 30.3. The van der Waals surface area contributed by atoms with Crippen LogP contribution in [-0.4, -0.2) is 22.8 Å². The molecule has 0 radical (unpaired) electrons. The highest BCUT2D eigenvalue weighted by Gasteiger charge is 2.23. The van der Waals surface area contributed by atoms with E-state index in [4.69, 9.17) is 4.42 Å². The first-order chi connectivity index (χ1) is 56.5. The Morgan fingerprint density at radius 1 is 0.140 bits per heavy atom. The molecule has 114 heavy (non-hydrogen) atoms. The molecule has 24 aromatic rings. The van der Waals surface area contributed by atoms with Gasteiger partial charge in [0.1, 0.15) is 11.2 Å². The van der Waals surface area contributed by atoms with Gasteiger partial charge >= 0.3 is 0 Å². The van der Waals surface area contributed by atoms with Crippen molar-refractivity contribution in [3.8, 4) is 95.2 Å². The summed E-state index contributed by atoms with van der Waals surface area (Å²) >= 11 is 0. The molecular formula is C108H67N5O. The van der Waals surface area contributed by atoms with Crippen LogP contribution in [0.2, 0.25) is 0 Å². The summed E-state index contributed by atoms with van der Waals surface area (Å²) in [5.41, 5.74) is 33.1. The monoisotopic (exact) mass is 1450 g/mol. The molecule has 0 aliphatic heterocycles. The second-order valence-electron chi connectivity index (χ2n) is 30.3. The largest absolute Gasteiger partial charge is 0.455 e. The maximum atomic E-state index is 6.86. The highest BCUT2D eigenvalue weighted by atomic mass is 16.3. The van der Waals surface area contributed by atoms with Crippen molar-refractivity contribution in [2.75, 3.05) is 0 Å². The van der Waals surface area contributed by atoms with Crippen LogP contribution in [0.5, 0.6) is 0 Å². The molecule has 0 fully saturated rings. The van der Waals surface area contributed by atoms with E-state index in [1.807, 2.05) is 0 Å². The van der Waals surface area contributed by atoms with Crippen molar-refractivity contribution in [1.29, 1.82) is 0 Å². The maximum absolute atomic E-state index is 6.86. The van der Waals surface area contributed by atoms with Gasteiger partial charge in [-0.15, -0.1) is 0 Å². The van der Waals surface area contributed by atoms with Gasteiger partial charge in [0.15, 0.2) is 0 Å². The predicted octanol–water partition coefficient (Wildman–Crippen LogP) is 29.1. The maximum Gasteiger partial charge on any atom is 0.143 e. The molecule has 0 aliphatic rings. The number of nitrogens with zero attached hydrogens (tertiary/aromatic N) is 5. The topological polar surface area (TPSA) is 37.8 Å². The van der Waals surface area contributed by atoms with Gasteiger partial charge in [-0.25, -0.2) is 0 Å². The number of benzene rings is 18. The average Bonchev–Trinajstić information content (AvgIpc) is 1.60. The Bertz CT molecular complexity index is 8050. The van der Waals surface area contributed by atoms with Crippen LogP contribution < -0.4 is 0 Å². The van der Waals surface area contributed by atoms with E-state index in [1.165, 1.54) is 143 Å². The quantitative estimate of drug-likeness (QED) is 0.127. The van der Waals surface area contributed by atoms with Gasteiger partial charge in [-0.3, -0.25) is 0 Å². The van der Waals surface area contributed by atoms with Crippen LogP contribution in [0.3, 0.4) is 0 Å². The van der Waals surface area contributed by atoms with Crippen molar-refractivity contribution in [2.24, 2.45) is 0 Å². The molecule has 0 bridgehead atoms. The first-order valence-electron chi connectivity index (χ1n) is 39.2. The van der Waals surface area contributed by atoms with E-state index in [0.717, 1.165) is 83.7 Å². The summed E-state index contributed by atoms with van der Waals surface area (Å²) < 4.78 is 18.9. The molecule has 0 spiro atoms. The fourth-order valence-electron chi connectivity index (χ4n) is 18.8. The Hall–Kier alpha value is -15.2. The number of fused-ring (bicyclic) bond motifs is 18. The zero-order chi connectivity index (χ0) is 74.6. The highest BCUT2D eigenvalue weighted by Crippen LogP contribution is 2.46. The van der Waals surface area contributed by atoms with Gasteiger partial charge in [-0.05, 0) is 231 Å². The van der Waals surface area contributed by atoms with Gasteiger partial charge in [0.2, 0.25) is 0 Å². The zero-order valence-corrected chi connectivity index (χ0v) is 61.8. The molecule has 530 valence electrons. The molecule has 0 unspecified atom stereocenters. The van der Waals surface area contributed by atoms with Gasteiger partial charge < -0.3 is 27.3 Å². The lowest BCUT2D eigenvalue weighted by molar-refractivity contribution is 0.670. The van der Waals surface area contributed by atoms with Crippen molar-refractivity contribution >= 4 is 131 Å². The van der Waals surface area contributed by atoms with E-state index < -0.39 is 0 Å². The average molecular weight is 1450 g/mol. The number of hydrogen-bond donors (Lipinski definition) is 0. The van der Waals surface area contributed by atoms with Crippen LogP contribution in [0.1, 0.15) is 0 Å². The molecule has 18 aromatic carbocycles. The summed E-state index contributed by atoms with van der Waals surface area (Å²) in [7, 11) is 0. The Labute approximate surface area is 655 Å². The molecule has 0 N–H and O–H groups in total. The first kappa shape index (κ1) is 63.7. The van der Waals surface area contributed by atoms with Crippen molar-refractivity contribution < 1.29 is 4.42 Å². The van der Waals surface area contributed by atoms with Gasteiger partial charge in [0, 0.05) is 98.6 Å². The van der Waals surface area contributed by atoms with Gasteiger partial charge in [0.25, 0.3) is 0 Å². The third kappa shape index (κ3) is 9.87. The minimum absolute atomic E-state index is 0.863. The summed E-state index contributed by atoms with van der Waals surface area (Å²) in [6, 6.07) is 149. The number of hydrogen-bond acceptors (Lipinski definition) is 1. The van der Waals surface area contributed by atoms with Crippen LogP contribution in [-0.2, 0) is 0 Å². The van der Waals surface area contributed by atoms with E-state index in [2.05, 4.69) is 429 Å². The standard InChI is InChI=1S/C108H67N5O/c1-4-19-68(20-5-1)69-35-48-81(49-36-69)111-98-32-15-11-26-86(98)91-61-73(42-55-102(91)111)74-43-56-104-92(62-74)88-28-13-17-34-100(88)113(104)83-52-39-71(40-53-83)84-29-18-30-89-96-67-72(47-60-107(96)114-108(84)89)70-37-50-82(51-38-70)112-99-33-16-12-27-87(99)93-64-76(44-57-103(93)112)78-46-59-106-95(66-78)94-65-77(45-58-105(94)110(106)80-23-8-3-9-24-80)75-41-54-101-90(63-75)85-25-10-14-31-97(85)109(101)79-21-6-2-7-22-79/h1-67H. The van der Waals surface area contributed by atoms with Crippen LogP contribution in [0.4, 0.5) is 0 Å². The molecule has 6 heteroatoms. The molecule has 24 rings (SSSR count). The SMILES string of the molecule is c1ccc(-c2ccc(-n3c4ccccc4c4cc(-c5ccc6c(c5)c5ccccc5n6-c5ccc(-c6cccc7c6oc6ccc(-c8ccc(-n9c%10ccccc%10c%10cc(-c%11ccc%12c(c%11)c%11cc(-c%13ccc%14c(c%13)c%13ccccc%13n%14-c%13ccccc%13)ccc%11n%12-c%11ccccc%11)ccc%109)cc8)cc67)cc5)ccc43)cc2)cc1. The van der Waals surface area contributed by atoms with Crippen LogP contribution in [0.25, 0.3) is 226 Å². The first-order valence-corrected chi connectivity index (χ1v) is 39.2. The Morgan fingerprint density at radius 2 is 0.377 bits per heavy atom. The van der Waals surface area contributed by atoms with Crippen molar-refractivity contribution in [1.82, 2.24) is 22.8 Å². The summed E-state index contributed by atoms with van der Waals surface area (Å²) in [4.78, 5) is 0. The van der Waals surface area contributed by atoms with E-state index in [0.29, 0.717) is 0 Å².